The van der Waals surface area contributed by atoms with Crippen LogP contribution in [0, 0.1) is 0 Å². The molecule has 2 heterocycles. The fourth-order valence-corrected chi connectivity index (χ4v) is 7.61. The molecule has 1 N–H and O–H groups in total. The highest BCUT2D eigenvalue weighted by molar-refractivity contribution is 7.94. The number of carbonyl (C=O) groups is 1. The number of morpholine rings is 1. The highest BCUT2D eigenvalue weighted by Gasteiger charge is 2.51. The maximum Gasteiger partial charge on any atom is 0.226 e. The first-order valence-corrected chi connectivity index (χ1v) is 11.0. The Balaban J connectivity index is 2.03. The van der Waals surface area contributed by atoms with Gasteiger partial charge in [-0.05, 0) is 6.92 Å². The number of hydrogen-bond acceptors (Lipinski definition) is 7. The molecular formula is C13H24N2O7S2. The van der Waals surface area contributed by atoms with Crippen molar-refractivity contribution in [3.63, 3.8) is 0 Å². The van der Waals surface area contributed by atoms with E-state index in [9.17, 15) is 26.2 Å². The van der Waals surface area contributed by atoms with Crippen molar-refractivity contribution in [2.75, 3.05) is 51.4 Å². The molecule has 0 aliphatic carbocycles. The standard InChI is InChI=1S/C13H24N2O7S2/c1-13(10-23(17,18)9-11(13)24(19,20)21)14-12(16)3-4-15(2)5-7-22-8-6-15/h11H,3-10H2,1-2H3,(H-,14,16,19,20,21)/t11-,13-/m0/s1. The van der Waals surface area contributed by atoms with Gasteiger partial charge in [0.25, 0.3) is 0 Å². The van der Waals surface area contributed by atoms with Gasteiger partial charge in [0.15, 0.2) is 9.84 Å². The zero-order chi connectivity index (χ0) is 18.2. The Bertz CT molecular complexity index is 698. The van der Waals surface area contributed by atoms with Crippen LogP contribution in [0.15, 0.2) is 0 Å². The van der Waals surface area contributed by atoms with E-state index in [1.807, 2.05) is 7.05 Å². The Morgan fingerprint density at radius 1 is 1.38 bits per heavy atom. The van der Waals surface area contributed by atoms with Crippen molar-refractivity contribution in [1.82, 2.24) is 5.32 Å². The molecule has 0 aromatic heterocycles. The second-order valence-corrected chi connectivity index (χ2v) is 10.8. The van der Waals surface area contributed by atoms with E-state index in [1.165, 1.54) is 6.92 Å². The van der Waals surface area contributed by atoms with Gasteiger partial charge in [-0.15, -0.1) is 0 Å². The van der Waals surface area contributed by atoms with Crippen LogP contribution in [0.5, 0.6) is 0 Å². The predicted molar refractivity (Wildman–Crippen MR) is 84.9 cm³/mol. The highest BCUT2D eigenvalue weighted by Crippen LogP contribution is 2.29. The Kier molecular flexibility index (Phi) is 5.32. The molecule has 2 aliphatic heterocycles. The zero-order valence-corrected chi connectivity index (χ0v) is 15.5. The molecular weight excluding hydrogens is 360 g/mol. The SMILES string of the molecule is C[C@]1(NC(=O)CC[N+]2(C)CCOCC2)CS(=O)(=O)C[C@@H]1S(=O)(=O)[O-]. The Morgan fingerprint density at radius 3 is 2.50 bits per heavy atom. The van der Waals surface area contributed by atoms with Gasteiger partial charge in [-0.1, -0.05) is 0 Å². The minimum absolute atomic E-state index is 0.123. The third-order valence-electron chi connectivity index (χ3n) is 4.84. The molecule has 0 spiro atoms. The molecule has 0 radical (unpaired) electrons. The lowest BCUT2D eigenvalue weighted by atomic mass is 10.0. The number of ether oxygens (including phenoxy) is 1. The third-order valence-corrected chi connectivity index (χ3v) is 8.31. The first kappa shape index (κ1) is 19.6. The Labute approximate surface area is 142 Å². The fourth-order valence-electron chi connectivity index (χ4n) is 3.30. The number of sulfone groups is 1. The minimum Gasteiger partial charge on any atom is -0.748 e. The van der Waals surface area contributed by atoms with E-state index < -0.39 is 48.2 Å². The summed E-state index contributed by atoms with van der Waals surface area (Å²) in [5, 5.41) is 0.826. The maximum absolute atomic E-state index is 12.2. The van der Waals surface area contributed by atoms with Crippen LogP contribution in [-0.4, -0.2) is 94.0 Å². The van der Waals surface area contributed by atoms with E-state index in [4.69, 9.17) is 4.74 Å². The van der Waals surface area contributed by atoms with Crippen molar-refractivity contribution in [2.24, 2.45) is 0 Å². The fraction of sp³-hybridized carbons (Fsp3) is 0.923. The van der Waals surface area contributed by atoms with E-state index >= 15 is 0 Å². The van der Waals surface area contributed by atoms with Gasteiger partial charge >= 0.3 is 0 Å². The van der Waals surface area contributed by atoms with Gasteiger partial charge in [-0.25, -0.2) is 16.8 Å². The van der Waals surface area contributed by atoms with Crippen LogP contribution in [0.2, 0.25) is 0 Å². The number of nitrogens with one attached hydrogen (secondary N) is 1. The summed E-state index contributed by atoms with van der Waals surface area (Å²) in [4.78, 5) is 12.2. The van der Waals surface area contributed by atoms with Crippen molar-refractivity contribution >= 4 is 25.9 Å². The maximum atomic E-state index is 12.2. The smallest absolute Gasteiger partial charge is 0.226 e. The molecule has 9 nitrogen and oxygen atoms in total. The molecule has 1 amide bonds. The van der Waals surface area contributed by atoms with Crippen LogP contribution < -0.4 is 5.32 Å². The summed E-state index contributed by atoms with van der Waals surface area (Å²) < 4.78 is 63.6. The monoisotopic (exact) mass is 384 g/mol. The molecule has 11 heteroatoms. The second-order valence-electron chi connectivity index (χ2n) is 7.15. The predicted octanol–water partition coefficient (Wildman–Crippen LogP) is -1.93. The molecule has 2 fully saturated rings. The van der Waals surface area contributed by atoms with E-state index in [0.29, 0.717) is 24.2 Å². The number of hydrogen-bond donors (Lipinski definition) is 1. The van der Waals surface area contributed by atoms with E-state index in [1.54, 1.807) is 0 Å². The summed E-state index contributed by atoms with van der Waals surface area (Å²) in [6, 6.07) is 0. The normalized spacial score (nSPS) is 32.4. The van der Waals surface area contributed by atoms with Crippen LogP contribution in [0.3, 0.4) is 0 Å². The van der Waals surface area contributed by atoms with Gasteiger partial charge in [0.2, 0.25) is 5.91 Å². The van der Waals surface area contributed by atoms with Crippen molar-refractivity contribution in [3.05, 3.63) is 0 Å². The Morgan fingerprint density at radius 2 is 1.96 bits per heavy atom. The number of carbonyl (C=O) groups excluding carboxylic acids is 1. The van der Waals surface area contributed by atoms with E-state index in [0.717, 1.165) is 13.1 Å². The molecule has 0 aromatic rings. The molecule has 24 heavy (non-hydrogen) atoms. The summed E-state index contributed by atoms with van der Waals surface area (Å²) in [7, 11) is -6.53. The average Bonchev–Trinajstić information content (AvgIpc) is 2.67. The molecule has 140 valence electrons. The second kappa shape index (κ2) is 6.52. The first-order chi connectivity index (χ1) is 10.9. The van der Waals surface area contributed by atoms with Crippen LogP contribution in [0.25, 0.3) is 0 Å². The summed E-state index contributed by atoms with van der Waals surface area (Å²) in [6.45, 7) is 4.62. The van der Waals surface area contributed by atoms with Gasteiger partial charge < -0.3 is 19.1 Å². The third kappa shape index (κ3) is 4.66. The van der Waals surface area contributed by atoms with Crippen LogP contribution >= 0.6 is 0 Å². The van der Waals surface area contributed by atoms with Crippen molar-refractivity contribution < 1.29 is 35.4 Å². The van der Waals surface area contributed by atoms with Crippen molar-refractivity contribution in [2.45, 2.75) is 24.1 Å². The number of quaternary nitrogens is 1. The quantitative estimate of drug-likeness (QED) is 0.431. The lowest BCUT2D eigenvalue weighted by Gasteiger charge is -2.38. The molecule has 2 saturated heterocycles. The largest absolute Gasteiger partial charge is 0.748 e. The van der Waals surface area contributed by atoms with Gasteiger partial charge in [0.1, 0.15) is 23.2 Å². The molecule has 0 saturated carbocycles. The number of rotatable bonds is 5. The van der Waals surface area contributed by atoms with Crippen LogP contribution in [0.4, 0.5) is 0 Å². The lowest BCUT2D eigenvalue weighted by Crippen LogP contribution is -2.58. The molecule has 2 aliphatic rings. The van der Waals surface area contributed by atoms with E-state index in [-0.39, 0.29) is 6.42 Å². The number of nitrogens with zero attached hydrogens (tertiary/aromatic N) is 1. The van der Waals surface area contributed by atoms with Crippen LogP contribution in [0.1, 0.15) is 13.3 Å². The summed E-state index contributed by atoms with van der Waals surface area (Å²) >= 11 is 0. The van der Waals surface area contributed by atoms with Gasteiger partial charge in [0.05, 0.1) is 55.5 Å². The highest BCUT2D eigenvalue weighted by atomic mass is 32.2. The summed E-state index contributed by atoms with van der Waals surface area (Å²) in [5.41, 5.74) is -1.58. The van der Waals surface area contributed by atoms with Gasteiger partial charge in [-0.3, -0.25) is 4.79 Å². The van der Waals surface area contributed by atoms with Crippen molar-refractivity contribution in [1.29, 1.82) is 0 Å². The molecule has 0 aromatic carbocycles. The lowest BCUT2D eigenvalue weighted by molar-refractivity contribution is -0.916. The zero-order valence-electron chi connectivity index (χ0n) is 13.9. The molecule has 2 rings (SSSR count). The minimum atomic E-state index is -4.84. The Hall–Kier alpha value is -0.750. The molecule has 0 bridgehead atoms. The van der Waals surface area contributed by atoms with Crippen LogP contribution in [-0.2, 0) is 29.5 Å². The number of amides is 1. The summed E-state index contributed by atoms with van der Waals surface area (Å²) in [6.07, 6.45) is 0.123. The topological polar surface area (TPSA) is 130 Å². The van der Waals surface area contributed by atoms with E-state index in [2.05, 4.69) is 5.32 Å². The van der Waals surface area contributed by atoms with Crippen molar-refractivity contribution in [3.8, 4) is 0 Å². The molecule has 0 unspecified atom stereocenters. The van der Waals surface area contributed by atoms with Gasteiger partial charge in [0, 0.05) is 0 Å². The average molecular weight is 384 g/mol. The first-order valence-electron chi connectivity index (χ1n) is 7.73. The number of likely N-dealkylation sites (N-methyl/N-ethyl adjacent to an activating group) is 1. The summed E-state index contributed by atoms with van der Waals surface area (Å²) in [5.74, 6) is -1.74. The molecule has 2 atom stereocenters. The van der Waals surface area contributed by atoms with Gasteiger partial charge in [-0.2, -0.15) is 0 Å².